The molecule has 3 rings (SSSR count). The molecule has 3 aromatic rings. The van der Waals surface area contributed by atoms with E-state index >= 15 is 0 Å². The molecule has 0 spiro atoms. The van der Waals surface area contributed by atoms with Crippen molar-refractivity contribution in [1.82, 2.24) is 0 Å². The number of unbranched alkanes of at least 4 members (excludes halogenated alkanes) is 2. The first-order valence-corrected chi connectivity index (χ1v) is 9.74. The molecule has 0 bridgehead atoms. The number of halogens is 6. The van der Waals surface area contributed by atoms with Crippen molar-refractivity contribution in [2.45, 2.75) is 45.3 Å². The summed E-state index contributed by atoms with van der Waals surface area (Å²) in [5, 5.41) is 0.00980. The third kappa shape index (κ3) is 5.42. The number of rotatable bonds is 9. The minimum absolute atomic E-state index is 0.114. The lowest BCUT2D eigenvalue weighted by Gasteiger charge is -2.19. The van der Waals surface area contributed by atoms with E-state index in [1.54, 1.807) is 0 Å². The molecule has 0 heterocycles. The minimum Gasteiger partial charge on any atom is -0.432 e. The average molecular weight is 442 g/mol. The second kappa shape index (κ2) is 9.49. The number of aryl methyl sites for hydroxylation is 1. The first-order valence-electron chi connectivity index (χ1n) is 9.74. The number of hydrogen-bond acceptors (Lipinski definition) is 2. The molecule has 31 heavy (non-hydrogen) atoms. The molecule has 3 aromatic carbocycles. The molecular weight excluding hydrogens is 422 g/mol. The molecule has 0 N–H and O–H groups in total. The third-order valence-electron chi connectivity index (χ3n) is 4.77. The van der Waals surface area contributed by atoms with Gasteiger partial charge in [-0.05, 0) is 60.2 Å². The molecule has 8 heteroatoms. The lowest BCUT2D eigenvalue weighted by molar-refractivity contribution is -0.187. The fourth-order valence-corrected chi connectivity index (χ4v) is 3.23. The van der Waals surface area contributed by atoms with E-state index in [9.17, 15) is 26.3 Å². The van der Waals surface area contributed by atoms with Crippen LogP contribution < -0.4 is 9.47 Å². The van der Waals surface area contributed by atoms with Gasteiger partial charge >= 0.3 is 12.7 Å². The number of hydrogen-bond donors (Lipinski definition) is 0. The van der Waals surface area contributed by atoms with Crippen LogP contribution in [0.15, 0.2) is 48.5 Å². The van der Waals surface area contributed by atoms with E-state index in [1.165, 1.54) is 12.1 Å². The molecule has 0 amide bonds. The van der Waals surface area contributed by atoms with E-state index in [-0.39, 0.29) is 16.5 Å². The number of ether oxygens (including phenoxy) is 2. The summed E-state index contributed by atoms with van der Waals surface area (Å²) in [4.78, 5) is 0. The fourth-order valence-electron chi connectivity index (χ4n) is 3.23. The van der Waals surface area contributed by atoms with Gasteiger partial charge in [-0.2, -0.15) is 17.6 Å². The van der Waals surface area contributed by atoms with Gasteiger partial charge in [0.05, 0.1) is 5.56 Å². The van der Waals surface area contributed by atoms with E-state index < -0.39 is 35.7 Å². The maximum absolute atomic E-state index is 14.6. The van der Waals surface area contributed by atoms with Crippen LogP contribution in [0.4, 0.5) is 26.3 Å². The summed E-state index contributed by atoms with van der Waals surface area (Å²) in [6.07, 6.45) is -0.606. The van der Waals surface area contributed by atoms with Crippen LogP contribution in [0, 0.1) is 11.6 Å². The van der Waals surface area contributed by atoms with Crippen LogP contribution in [0.2, 0.25) is 0 Å². The molecule has 0 aliphatic carbocycles. The molecule has 0 aliphatic heterocycles. The van der Waals surface area contributed by atoms with E-state index in [2.05, 4.69) is 4.74 Å². The Morgan fingerprint density at radius 1 is 0.935 bits per heavy atom. The Bertz CT molecular complexity index is 1050. The van der Waals surface area contributed by atoms with Gasteiger partial charge in [0.2, 0.25) is 0 Å². The normalized spacial score (nSPS) is 11.9. The molecule has 0 saturated heterocycles. The topological polar surface area (TPSA) is 18.5 Å². The van der Waals surface area contributed by atoms with Crippen LogP contribution in [0.1, 0.15) is 37.3 Å². The zero-order valence-corrected chi connectivity index (χ0v) is 16.6. The average Bonchev–Trinajstić information content (AvgIpc) is 2.69. The lowest BCUT2D eigenvalue weighted by Crippen LogP contribution is -2.23. The molecule has 0 aromatic heterocycles. The molecule has 0 aliphatic rings. The Kier molecular flexibility index (Phi) is 6.97. The highest BCUT2D eigenvalue weighted by Crippen LogP contribution is 2.36. The molecule has 166 valence electrons. The summed E-state index contributed by atoms with van der Waals surface area (Å²) in [6, 6.07) is 8.94. The van der Waals surface area contributed by atoms with Gasteiger partial charge in [0.25, 0.3) is 0 Å². The summed E-state index contributed by atoms with van der Waals surface area (Å²) < 4.78 is 91.2. The van der Waals surface area contributed by atoms with Crippen molar-refractivity contribution in [2.24, 2.45) is 0 Å². The summed E-state index contributed by atoms with van der Waals surface area (Å²) >= 11 is 0. The first-order chi connectivity index (χ1) is 14.7. The van der Waals surface area contributed by atoms with Gasteiger partial charge in [0.1, 0.15) is 11.6 Å². The highest BCUT2D eigenvalue weighted by molar-refractivity contribution is 5.86. The van der Waals surface area contributed by atoms with E-state index in [0.717, 1.165) is 55.7 Å². The van der Waals surface area contributed by atoms with Gasteiger partial charge in [-0.25, -0.2) is 8.78 Å². The van der Waals surface area contributed by atoms with Gasteiger partial charge in [-0.1, -0.05) is 31.9 Å². The summed E-state index contributed by atoms with van der Waals surface area (Å²) in [6.45, 7) is -1.18. The molecule has 2 nitrogen and oxygen atoms in total. The molecule has 0 unspecified atom stereocenters. The van der Waals surface area contributed by atoms with Crippen molar-refractivity contribution in [3.63, 3.8) is 0 Å². The maximum atomic E-state index is 14.6. The van der Waals surface area contributed by atoms with Crippen molar-refractivity contribution < 1.29 is 35.8 Å². The number of alkyl halides is 4. The highest BCUT2D eigenvalue weighted by Gasteiger charge is 2.37. The van der Waals surface area contributed by atoms with Gasteiger partial charge < -0.3 is 9.47 Å². The second-order valence-corrected chi connectivity index (χ2v) is 7.03. The standard InChI is InChI=1S/C23H20F6O2/c1-2-3-4-5-14-6-10-18(19(24)12-14)23(28,29)31-16-8-9-17-15(13-16)7-11-20(21(17)25)30-22(26)27/h6-13,22H,2-5H2,1H3. The van der Waals surface area contributed by atoms with Crippen molar-refractivity contribution in [2.75, 3.05) is 0 Å². The maximum Gasteiger partial charge on any atom is 0.429 e. The first kappa shape index (κ1) is 22.8. The van der Waals surface area contributed by atoms with Gasteiger partial charge in [-0.3, -0.25) is 0 Å². The van der Waals surface area contributed by atoms with Crippen molar-refractivity contribution in [3.05, 3.63) is 71.3 Å². The van der Waals surface area contributed by atoms with Gasteiger partial charge in [0.15, 0.2) is 11.6 Å². The molecule has 0 saturated carbocycles. The Morgan fingerprint density at radius 2 is 1.71 bits per heavy atom. The van der Waals surface area contributed by atoms with Crippen LogP contribution in [-0.4, -0.2) is 6.61 Å². The summed E-state index contributed by atoms with van der Waals surface area (Å²) in [5.41, 5.74) is -0.299. The van der Waals surface area contributed by atoms with Crippen LogP contribution in [0.3, 0.4) is 0 Å². The summed E-state index contributed by atoms with van der Waals surface area (Å²) in [5.74, 6) is -3.14. The zero-order chi connectivity index (χ0) is 22.6. The Hall–Kier alpha value is -2.90. The molecular formula is C23H20F6O2. The lowest BCUT2D eigenvalue weighted by atomic mass is 10.0. The molecule has 0 radical (unpaired) electrons. The van der Waals surface area contributed by atoms with Gasteiger partial charge in [0, 0.05) is 5.39 Å². The third-order valence-corrected chi connectivity index (χ3v) is 4.77. The Morgan fingerprint density at radius 3 is 2.39 bits per heavy atom. The van der Waals surface area contributed by atoms with Crippen LogP contribution in [-0.2, 0) is 12.5 Å². The van der Waals surface area contributed by atoms with E-state index in [0.29, 0.717) is 12.0 Å². The van der Waals surface area contributed by atoms with Crippen LogP contribution in [0.25, 0.3) is 10.8 Å². The zero-order valence-electron chi connectivity index (χ0n) is 16.6. The molecule has 0 atom stereocenters. The number of fused-ring (bicyclic) bond motifs is 1. The summed E-state index contributed by atoms with van der Waals surface area (Å²) in [7, 11) is 0. The van der Waals surface area contributed by atoms with E-state index in [4.69, 9.17) is 4.74 Å². The van der Waals surface area contributed by atoms with Crippen molar-refractivity contribution >= 4 is 10.8 Å². The predicted molar refractivity (Wildman–Crippen MR) is 105 cm³/mol. The Balaban J connectivity index is 1.82. The Labute approximate surface area is 175 Å². The predicted octanol–water partition coefficient (Wildman–Crippen LogP) is 7.58. The fraction of sp³-hybridized carbons (Fsp3) is 0.304. The minimum atomic E-state index is -3.98. The van der Waals surface area contributed by atoms with Gasteiger partial charge in [-0.15, -0.1) is 0 Å². The second-order valence-electron chi connectivity index (χ2n) is 7.03. The highest BCUT2D eigenvalue weighted by atomic mass is 19.3. The smallest absolute Gasteiger partial charge is 0.429 e. The quantitative estimate of drug-likeness (QED) is 0.251. The van der Waals surface area contributed by atoms with E-state index in [1.807, 2.05) is 6.92 Å². The van der Waals surface area contributed by atoms with Crippen LogP contribution in [0.5, 0.6) is 11.5 Å². The monoisotopic (exact) mass is 442 g/mol. The number of benzene rings is 3. The van der Waals surface area contributed by atoms with Crippen LogP contribution >= 0.6 is 0 Å². The SMILES string of the molecule is CCCCCc1ccc(C(F)(F)Oc2ccc3c(F)c(OC(F)F)ccc3c2)c(F)c1. The van der Waals surface area contributed by atoms with Crippen molar-refractivity contribution in [1.29, 1.82) is 0 Å². The largest absolute Gasteiger partial charge is 0.432 e. The molecule has 0 fully saturated rings. The van der Waals surface area contributed by atoms with Crippen molar-refractivity contribution in [3.8, 4) is 11.5 Å².